The van der Waals surface area contributed by atoms with Crippen molar-refractivity contribution in [2.45, 2.75) is 48.9 Å². The van der Waals surface area contributed by atoms with Crippen LogP contribution >= 0.6 is 11.8 Å². The van der Waals surface area contributed by atoms with E-state index >= 15 is 0 Å². The number of hydrogen-bond donors (Lipinski definition) is 0. The first kappa shape index (κ1) is 25.4. The second-order valence-corrected chi connectivity index (χ2v) is 11.5. The smallest absolute Gasteiger partial charge is 0.255 e. The van der Waals surface area contributed by atoms with Gasteiger partial charge in [0, 0.05) is 30.6 Å². The van der Waals surface area contributed by atoms with Crippen LogP contribution in [-0.4, -0.2) is 60.1 Å². The van der Waals surface area contributed by atoms with E-state index in [9.17, 15) is 13.2 Å². The molecule has 2 aromatic carbocycles. The quantitative estimate of drug-likeness (QED) is 0.425. The highest BCUT2D eigenvalue weighted by Crippen LogP contribution is 2.28. The molecule has 0 spiro atoms. The van der Waals surface area contributed by atoms with Gasteiger partial charge in [0.05, 0.1) is 17.0 Å². The fourth-order valence-corrected chi connectivity index (χ4v) is 5.88. The van der Waals surface area contributed by atoms with Crippen LogP contribution in [0.5, 0.6) is 0 Å². The van der Waals surface area contributed by atoms with Crippen molar-refractivity contribution in [1.29, 1.82) is 0 Å². The maximum absolute atomic E-state index is 13.4. The summed E-state index contributed by atoms with van der Waals surface area (Å²) in [7, 11) is -2.43. The largest absolute Gasteiger partial charge is 0.339 e. The number of amides is 1. The predicted molar refractivity (Wildman–Crippen MR) is 136 cm³/mol. The molecule has 0 saturated carbocycles. The Labute approximate surface area is 210 Å². The zero-order chi connectivity index (χ0) is 25.0. The number of aromatic nitrogens is 2. The zero-order valence-corrected chi connectivity index (χ0v) is 21.9. The Hall–Kier alpha value is -2.69. The van der Waals surface area contributed by atoms with Gasteiger partial charge in [-0.15, -0.1) is 11.8 Å². The monoisotopic (exact) mass is 514 g/mol. The molecule has 0 atom stereocenters. The number of hydrogen-bond acceptors (Lipinski definition) is 7. The number of carbonyl (C=O) groups is 1. The SMILES string of the molecule is CSc1ccc(S(=O)(=O)N(C)Cc2nc(-c3ccccc3C)no2)cc1C(=O)N1CCCCCC1. The molecular weight excluding hydrogens is 484 g/mol. The van der Waals surface area contributed by atoms with Crippen LogP contribution in [0, 0.1) is 6.92 Å². The second kappa shape index (κ2) is 10.9. The first-order valence-electron chi connectivity index (χ1n) is 11.6. The van der Waals surface area contributed by atoms with E-state index in [0.29, 0.717) is 24.5 Å². The van der Waals surface area contributed by atoms with E-state index in [1.54, 1.807) is 12.1 Å². The van der Waals surface area contributed by atoms with Crippen LogP contribution < -0.4 is 0 Å². The lowest BCUT2D eigenvalue weighted by Gasteiger charge is -2.22. The lowest BCUT2D eigenvalue weighted by Crippen LogP contribution is -2.32. The number of nitrogens with zero attached hydrogens (tertiary/aromatic N) is 4. The molecule has 1 amide bonds. The molecule has 1 aliphatic rings. The van der Waals surface area contributed by atoms with Gasteiger partial charge in [0.1, 0.15) is 0 Å². The van der Waals surface area contributed by atoms with Crippen molar-refractivity contribution in [1.82, 2.24) is 19.3 Å². The summed E-state index contributed by atoms with van der Waals surface area (Å²) >= 11 is 1.44. The summed E-state index contributed by atoms with van der Waals surface area (Å²) in [6, 6.07) is 12.4. The average Bonchev–Trinajstić information content (AvgIpc) is 3.14. The molecule has 2 heterocycles. The van der Waals surface area contributed by atoms with Crippen molar-refractivity contribution < 1.29 is 17.7 Å². The van der Waals surface area contributed by atoms with E-state index in [0.717, 1.165) is 46.0 Å². The molecule has 3 aromatic rings. The summed E-state index contributed by atoms with van der Waals surface area (Å²) < 4.78 is 33.3. The molecule has 0 bridgehead atoms. The minimum absolute atomic E-state index is 0.0645. The Morgan fingerprint density at radius 3 is 2.51 bits per heavy atom. The number of aryl methyl sites for hydroxylation is 1. The van der Waals surface area contributed by atoms with E-state index in [1.165, 1.54) is 24.9 Å². The van der Waals surface area contributed by atoms with Crippen LogP contribution in [0.15, 0.2) is 56.8 Å². The van der Waals surface area contributed by atoms with Crippen molar-refractivity contribution >= 4 is 27.7 Å². The molecule has 1 saturated heterocycles. The molecule has 1 fully saturated rings. The molecule has 8 nitrogen and oxygen atoms in total. The van der Waals surface area contributed by atoms with Crippen LogP contribution in [0.4, 0.5) is 0 Å². The predicted octanol–water partition coefficient (Wildman–Crippen LogP) is 4.60. The molecule has 0 radical (unpaired) electrons. The van der Waals surface area contributed by atoms with E-state index < -0.39 is 10.0 Å². The number of sulfonamides is 1. The summed E-state index contributed by atoms with van der Waals surface area (Å²) in [6.45, 7) is 3.26. The Kier molecular flexibility index (Phi) is 7.93. The van der Waals surface area contributed by atoms with Gasteiger partial charge in [-0.05, 0) is 49.8 Å². The average molecular weight is 515 g/mol. The first-order chi connectivity index (χ1) is 16.8. The standard InChI is InChI=1S/C25H30N4O4S2/c1-18-10-6-7-11-20(18)24-26-23(33-27-24)17-28(2)35(31,32)19-12-13-22(34-3)21(16-19)25(30)29-14-8-4-5-9-15-29/h6-7,10-13,16H,4-5,8-9,14-15,17H2,1-3H3. The van der Waals surface area contributed by atoms with Crippen LogP contribution in [0.3, 0.4) is 0 Å². The molecule has 0 unspecified atom stereocenters. The third kappa shape index (κ3) is 5.60. The Balaban J connectivity index is 1.56. The summed E-state index contributed by atoms with van der Waals surface area (Å²) in [6.07, 6.45) is 6.04. The summed E-state index contributed by atoms with van der Waals surface area (Å²) in [5.41, 5.74) is 2.25. The molecule has 0 aliphatic carbocycles. The van der Waals surface area contributed by atoms with Gasteiger partial charge < -0.3 is 9.42 Å². The van der Waals surface area contributed by atoms with E-state index in [2.05, 4.69) is 10.1 Å². The number of likely N-dealkylation sites (tertiary alicyclic amines) is 1. The van der Waals surface area contributed by atoms with Crippen molar-refractivity contribution in [3.05, 3.63) is 59.5 Å². The molecule has 1 aliphatic heterocycles. The number of carbonyl (C=O) groups excluding carboxylic acids is 1. The van der Waals surface area contributed by atoms with Gasteiger partial charge in [0.15, 0.2) is 0 Å². The fraction of sp³-hybridized carbons (Fsp3) is 0.400. The number of benzene rings is 2. The Morgan fingerprint density at radius 1 is 1.11 bits per heavy atom. The van der Waals surface area contributed by atoms with Gasteiger partial charge in [-0.2, -0.15) is 9.29 Å². The van der Waals surface area contributed by atoms with Gasteiger partial charge in [-0.25, -0.2) is 8.42 Å². The van der Waals surface area contributed by atoms with Crippen LogP contribution in [0.1, 0.15) is 47.5 Å². The molecule has 0 N–H and O–H groups in total. The summed E-state index contributed by atoms with van der Waals surface area (Å²) in [5, 5.41) is 4.01. The van der Waals surface area contributed by atoms with Gasteiger partial charge in [-0.3, -0.25) is 4.79 Å². The molecule has 4 rings (SSSR count). The minimum atomic E-state index is -3.89. The molecule has 35 heavy (non-hydrogen) atoms. The minimum Gasteiger partial charge on any atom is -0.339 e. The second-order valence-electron chi connectivity index (χ2n) is 8.66. The van der Waals surface area contributed by atoms with Crippen LogP contribution in [-0.2, 0) is 16.6 Å². The molecule has 1 aromatic heterocycles. The zero-order valence-electron chi connectivity index (χ0n) is 20.2. The van der Waals surface area contributed by atoms with Crippen molar-refractivity contribution in [3.63, 3.8) is 0 Å². The van der Waals surface area contributed by atoms with Gasteiger partial charge >= 0.3 is 0 Å². The highest BCUT2D eigenvalue weighted by Gasteiger charge is 2.27. The fourth-order valence-electron chi connectivity index (χ4n) is 4.17. The van der Waals surface area contributed by atoms with Gasteiger partial charge in [0.25, 0.3) is 5.91 Å². The normalized spacial score (nSPS) is 14.8. The number of rotatable bonds is 7. The van der Waals surface area contributed by atoms with Gasteiger partial charge in [-0.1, -0.05) is 42.3 Å². The summed E-state index contributed by atoms with van der Waals surface area (Å²) in [4.78, 5) is 20.4. The third-order valence-electron chi connectivity index (χ3n) is 6.21. The highest BCUT2D eigenvalue weighted by atomic mass is 32.2. The Bertz CT molecular complexity index is 1300. The maximum Gasteiger partial charge on any atom is 0.255 e. The summed E-state index contributed by atoms with van der Waals surface area (Å²) in [5.74, 6) is 0.491. The third-order valence-corrected chi connectivity index (χ3v) is 8.81. The lowest BCUT2D eigenvalue weighted by atomic mass is 10.1. The van der Waals surface area contributed by atoms with Crippen molar-refractivity contribution in [2.75, 3.05) is 26.4 Å². The Morgan fingerprint density at radius 2 is 1.83 bits per heavy atom. The molecule has 186 valence electrons. The van der Waals surface area contributed by atoms with Crippen LogP contribution in [0.25, 0.3) is 11.4 Å². The van der Waals surface area contributed by atoms with Crippen molar-refractivity contribution in [2.24, 2.45) is 0 Å². The van der Waals surface area contributed by atoms with Gasteiger partial charge in [0.2, 0.25) is 21.7 Å². The highest BCUT2D eigenvalue weighted by molar-refractivity contribution is 7.98. The number of thioether (sulfide) groups is 1. The van der Waals surface area contributed by atoms with Crippen LogP contribution in [0.2, 0.25) is 0 Å². The lowest BCUT2D eigenvalue weighted by molar-refractivity contribution is 0.0758. The molecular formula is C25H30N4O4S2. The van der Waals surface area contributed by atoms with Crippen molar-refractivity contribution in [3.8, 4) is 11.4 Å². The van der Waals surface area contributed by atoms with E-state index in [-0.39, 0.29) is 23.2 Å². The van der Waals surface area contributed by atoms with E-state index in [1.807, 2.05) is 42.3 Å². The topological polar surface area (TPSA) is 96.6 Å². The first-order valence-corrected chi connectivity index (χ1v) is 14.3. The molecule has 10 heteroatoms. The van der Waals surface area contributed by atoms with E-state index in [4.69, 9.17) is 4.52 Å². The maximum atomic E-state index is 13.4.